The lowest BCUT2D eigenvalue weighted by Gasteiger charge is -2.01. The monoisotopic (exact) mass is 254 g/mol. The number of amides is 1. The number of benzene rings is 1. The molecule has 0 aliphatic carbocycles. The Morgan fingerprint density at radius 2 is 2.00 bits per heavy atom. The molecular weight excluding hydrogens is 244 g/mol. The molecule has 0 bridgehead atoms. The maximum absolute atomic E-state index is 11.3. The normalized spacial score (nSPS) is 10.5. The minimum absolute atomic E-state index is 0.122. The molecular formula is C13H10N4O2. The van der Waals surface area contributed by atoms with E-state index in [1.54, 1.807) is 6.26 Å². The lowest BCUT2D eigenvalue weighted by atomic mass is 10.1. The molecule has 0 aliphatic heterocycles. The van der Waals surface area contributed by atoms with Gasteiger partial charge in [0.25, 0.3) is 5.91 Å². The van der Waals surface area contributed by atoms with E-state index >= 15 is 0 Å². The summed E-state index contributed by atoms with van der Waals surface area (Å²) in [4.78, 5) is 11.3. The summed E-state index contributed by atoms with van der Waals surface area (Å²) in [5, 5.41) is 10.1. The van der Waals surface area contributed by atoms with E-state index in [1.165, 1.54) is 0 Å². The molecule has 0 saturated heterocycles. The van der Waals surface area contributed by atoms with Gasteiger partial charge in [-0.15, -0.1) is 0 Å². The fourth-order valence-electron chi connectivity index (χ4n) is 1.87. The van der Waals surface area contributed by atoms with Crippen LogP contribution in [-0.4, -0.2) is 21.3 Å². The third-order valence-corrected chi connectivity index (χ3v) is 2.72. The quantitative estimate of drug-likeness (QED) is 0.744. The average molecular weight is 254 g/mol. The molecule has 0 unspecified atom stereocenters. The largest absolute Gasteiger partial charge is 0.464 e. The summed E-state index contributed by atoms with van der Waals surface area (Å²) in [7, 11) is 0. The van der Waals surface area contributed by atoms with Gasteiger partial charge in [-0.2, -0.15) is 15.4 Å². The van der Waals surface area contributed by atoms with Gasteiger partial charge < -0.3 is 10.2 Å². The average Bonchev–Trinajstić information content (AvgIpc) is 3.10. The number of rotatable bonds is 3. The van der Waals surface area contributed by atoms with Crippen LogP contribution in [0.2, 0.25) is 0 Å². The summed E-state index contributed by atoms with van der Waals surface area (Å²) in [6, 6.07) is 11.1. The van der Waals surface area contributed by atoms with Crippen LogP contribution in [0.5, 0.6) is 0 Å². The van der Waals surface area contributed by atoms with Crippen LogP contribution < -0.4 is 5.73 Å². The first-order valence-corrected chi connectivity index (χ1v) is 5.60. The third-order valence-electron chi connectivity index (χ3n) is 2.72. The zero-order valence-corrected chi connectivity index (χ0v) is 9.83. The SMILES string of the molecule is NC(=O)c1n[nH]nc1-c1cccc(-c2ccco2)c1. The van der Waals surface area contributed by atoms with Crippen LogP contribution in [0.4, 0.5) is 0 Å². The van der Waals surface area contributed by atoms with E-state index in [4.69, 9.17) is 10.2 Å². The van der Waals surface area contributed by atoms with Crippen LogP contribution in [-0.2, 0) is 0 Å². The van der Waals surface area contributed by atoms with Gasteiger partial charge in [0.2, 0.25) is 0 Å². The van der Waals surface area contributed by atoms with Crippen molar-refractivity contribution in [3.05, 3.63) is 48.4 Å². The molecule has 0 saturated carbocycles. The molecule has 1 amide bonds. The number of carbonyl (C=O) groups is 1. The number of hydrogen-bond acceptors (Lipinski definition) is 4. The number of nitrogens with zero attached hydrogens (tertiary/aromatic N) is 2. The lowest BCUT2D eigenvalue weighted by Crippen LogP contribution is -2.12. The highest BCUT2D eigenvalue weighted by molar-refractivity contribution is 5.96. The van der Waals surface area contributed by atoms with Crippen LogP contribution in [0.25, 0.3) is 22.6 Å². The number of aromatic amines is 1. The Bertz CT molecular complexity index is 716. The number of primary amides is 1. The zero-order chi connectivity index (χ0) is 13.2. The molecule has 19 heavy (non-hydrogen) atoms. The molecule has 0 atom stereocenters. The van der Waals surface area contributed by atoms with E-state index in [0.717, 1.165) is 16.9 Å². The molecule has 3 aromatic rings. The number of aromatic nitrogens is 3. The van der Waals surface area contributed by atoms with Crippen molar-refractivity contribution in [3.8, 4) is 22.6 Å². The number of hydrogen-bond donors (Lipinski definition) is 2. The number of furan rings is 1. The van der Waals surface area contributed by atoms with Gasteiger partial charge >= 0.3 is 0 Å². The molecule has 1 aromatic carbocycles. The third kappa shape index (κ3) is 1.99. The van der Waals surface area contributed by atoms with E-state index in [-0.39, 0.29) is 5.69 Å². The van der Waals surface area contributed by atoms with Gasteiger partial charge in [0.15, 0.2) is 5.69 Å². The molecule has 6 heteroatoms. The zero-order valence-electron chi connectivity index (χ0n) is 9.83. The number of nitrogens with two attached hydrogens (primary N) is 1. The number of carbonyl (C=O) groups excluding carboxylic acids is 1. The van der Waals surface area contributed by atoms with Crippen LogP contribution in [0.3, 0.4) is 0 Å². The summed E-state index contributed by atoms with van der Waals surface area (Å²) in [5.41, 5.74) is 7.44. The van der Waals surface area contributed by atoms with Crippen molar-refractivity contribution in [2.24, 2.45) is 5.73 Å². The first kappa shape index (κ1) is 11.2. The number of H-pyrrole nitrogens is 1. The molecule has 0 aliphatic rings. The highest BCUT2D eigenvalue weighted by Crippen LogP contribution is 2.26. The maximum atomic E-state index is 11.3. The Morgan fingerprint density at radius 3 is 2.74 bits per heavy atom. The van der Waals surface area contributed by atoms with Crippen molar-refractivity contribution in [1.29, 1.82) is 0 Å². The summed E-state index contributed by atoms with van der Waals surface area (Å²) in [6.45, 7) is 0. The second-order valence-corrected chi connectivity index (χ2v) is 3.94. The topological polar surface area (TPSA) is 97.8 Å². The Balaban J connectivity index is 2.09. The highest BCUT2D eigenvalue weighted by Gasteiger charge is 2.15. The predicted molar refractivity (Wildman–Crippen MR) is 68.0 cm³/mol. The Morgan fingerprint density at radius 1 is 1.16 bits per heavy atom. The Hall–Kier alpha value is -2.89. The van der Waals surface area contributed by atoms with Crippen molar-refractivity contribution in [1.82, 2.24) is 15.4 Å². The fourth-order valence-corrected chi connectivity index (χ4v) is 1.87. The maximum Gasteiger partial charge on any atom is 0.271 e. The number of nitrogens with one attached hydrogen (secondary N) is 1. The fraction of sp³-hybridized carbons (Fsp3) is 0. The Labute approximate surface area is 108 Å². The van der Waals surface area contributed by atoms with Crippen LogP contribution in [0.15, 0.2) is 47.1 Å². The molecule has 3 N–H and O–H groups in total. The summed E-state index contributed by atoms with van der Waals surface area (Å²) in [5.74, 6) is 0.123. The van der Waals surface area contributed by atoms with Crippen molar-refractivity contribution < 1.29 is 9.21 Å². The minimum Gasteiger partial charge on any atom is -0.464 e. The highest BCUT2D eigenvalue weighted by atomic mass is 16.3. The molecule has 0 spiro atoms. The van der Waals surface area contributed by atoms with Crippen molar-refractivity contribution in [2.45, 2.75) is 0 Å². The molecule has 2 heterocycles. The summed E-state index contributed by atoms with van der Waals surface area (Å²) < 4.78 is 5.33. The van der Waals surface area contributed by atoms with Gasteiger partial charge in [-0.05, 0) is 18.2 Å². The summed E-state index contributed by atoms with van der Waals surface area (Å²) >= 11 is 0. The lowest BCUT2D eigenvalue weighted by molar-refractivity contribution is 0.0996. The predicted octanol–water partition coefficient (Wildman–Crippen LogP) is 1.83. The van der Waals surface area contributed by atoms with Gasteiger partial charge in [-0.3, -0.25) is 4.79 Å². The molecule has 2 aromatic heterocycles. The van der Waals surface area contributed by atoms with E-state index in [0.29, 0.717) is 5.69 Å². The van der Waals surface area contributed by atoms with Crippen LogP contribution in [0.1, 0.15) is 10.5 Å². The van der Waals surface area contributed by atoms with E-state index in [9.17, 15) is 4.79 Å². The second kappa shape index (κ2) is 4.41. The van der Waals surface area contributed by atoms with Crippen LogP contribution >= 0.6 is 0 Å². The summed E-state index contributed by atoms with van der Waals surface area (Å²) in [6.07, 6.45) is 1.60. The van der Waals surface area contributed by atoms with Gasteiger partial charge in [-0.1, -0.05) is 18.2 Å². The van der Waals surface area contributed by atoms with E-state index in [1.807, 2.05) is 36.4 Å². The van der Waals surface area contributed by atoms with Gasteiger partial charge in [0, 0.05) is 11.1 Å². The standard InChI is InChI=1S/C13H10N4O2/c14-13(18)12-11(15-17-16-12)9-4-1-3-8(7-9)10-5-2-6-19-10/h1-7H,(H2,14,18)(H,15,16,17). The Kier molecular flexibility index (Phi) is 2.60. The van der Waals surface area contributed by atoms with Gasteiger partial charge in [0.1, 0.15) is 11.5 Å². The first-order chi connectivity index (χ1) is 9.25. The molecule has 0 radical (unpaired) electrons. The second-order valence-electron chi connectivity index (χ2n) is 3.94. The van der Waals surface area contributed by atoms with Crippen LogP contribution in [0, 0.1) is 0 Å². The van der Waals surface area contributed by atoms with E-state index in [2.05, 4.69) is 15.4 Å². The smallest absolute Gasteiger partial charge is 0.271 e. The van der Waals surface area contributed by atoms with Crippen molar-refractivity contribution in [2.75, 3.05) is 0 Å². The minimum atomic E-state index is -0.618. The molecule has 0 fully saturated rings. The first-order valence-electron chi connectivity index (χ1n) is 5.60. The van der Waals surface area contributed by atoms with Gasteiger partial charge in [-0.25, -0.2) is 0 Å². The molecule has 3 rings (SSSR count). The molecule has 94 valence electrons. The van der Waals surface area contributed by atoms with Crippen molar-refractivity contribution >= 4 is 5.91 Å². The van der Waals surface area contributed by atoms with Gasteiger partial charge in [0.05, 0.1) is 6.26 Å². The van der Waals surface area contributed by atoms with Crippen molar-refractivity contribution in [3.63, 3.8) is 0 Å². The molecule has 6 nitrogen and oxygen atoms in total. The van der Waals surface area contributed by atoms with E-state index < -0.39 is 5.91 Å².